The van der Waals surface area contributed by atoms with Crippen molar-refractivity contribution < 1.29 is 17.9 Å². The van der Waals surface area contributed by atoms with E-state index in [0.717, 1.165) is 15.4 Å². The van der Waals surface area contributed by atoms with Crippen molar-refractivity contribution in [3.63, 3.8) is 0 Å². The van der Waals surface area contributed by atoms with Crippen molar-refractivity contribution in [3.8, 4) is 5.75 Å². The molecule has 0 fully saturated rings. The number of carbonyl (C=O) groups is 1. The molecule has 0 aliphatic carbocycles. The molecule has 0 saturated carbocycles. The second kappa shape index (κ2) is 9.66. The van der Waals surface area contributed by atoms with Crippen LogP contribution in [0.3, 0.4) is 0 Å². The number of benzene rings is 3. The highest BCUT2D eigenvalue weighted by atomic mass is 32.2. The van der Waals surface area contributed by atoms with Crippen LogP contribution in [0.15, 0.2) is 83.8 Å². The van der Waals surface area contributed by atoms with Crippen molar-refractivity contribution in [2.24, 2.45) is 0 Å². The summed E-state index contributed by atoms with van der Waals surface area (Å²) in [6, 6.07) is 22.2. The van der Waals surface area contributed by atoms with Crippen LogP contribution in [0, 0.1) is 6.92 Å². The van der Waals surface area contributed by atoms with Gasteiger partial charge >= 0.3 is 0 Å². The van der Waals surface area contributed by atoms with Gasteiger partial charge in [-0.3, -0.25) is 9.10 Å². The molecule has 1 amide bonds. The fourth-order valence-electron chi connectivity index (χ4n) is 3.27. The van der Waals surface area contributed by atoms with Gasteiger partial charge in [0.1, 0.15) is 12.3 Å². The molecule has 1 N–H and O–H groups in total. The van der Waals surface area contributed by atoms with Crippen LogP contribution in [0.5, 0.6) is 5.75 Å². The average Bonchev–Trinajstić information content (AvgIpc) is 2.78. The summed E-state index contributed by atoms with van der Waals surface area (Å²) in [5.74, 6) is 0.237. The first-order valence-corrected chi connectivity index (χ1v) is 11.3. The Morgan fingerprint density at radius 2 is 1.58 bits per heavy atom. The van der Waals surface area contributed by atoms with Crippen LogP contribution in [-0.4, -0.2) is 28.0 Å². The predicted octanol–water partition coefficient (Wildman–Crippen LogP) is 4.08. The Labute approximate surface area is 183 Å². The molecule has 0 saturated heterocycles. The van der Waals surface area contributed by atoms with E-state index in [1.165, 1.54) is 0 Å². The lowest BCUT2D eigenvalue weighted by Gasteiger charge is -2.25. The van der Waals surface area contributed by atoms with Gasteiger partial charge in [-0.25, -0.2) is 8.42 Å². The van der Waals surface area contributed by atoms with Crippen molar-refractivity contribution in [3.05, 3.63) is 90.0 Å². The number of para-hydroxylation sites is 2. The Morgan fingerprint density at radius 1 is 0.968 bits per heavy atom. The molecule has 0 heterocycles. The van der Waals surface area contributed by atoms with Crippen LogP contribution in [0.2, 0.25) is 0 Å². The number of methoxy groups -OCH3 is 1. The van der Waals surface area contributed by atoms with Gasteiger partial charge in [0, 0.05) is 5.56 Å². The molecule has 0 bridgehead atoms. The van der Waals surface area contributed by atoms with E-state index in [2.05, 4.69) is 5.32 Å². The van der Waals surface area contributed by atoms with E-state index in [1.54, 1.807) is 61.7 Å². The van der Waals surface area contributed by atoms with Crippen molar-refractivity contribution >= 4 is 21.6 Å². The first-order valence-electron chi connectivity index (χ1n) is 9.89. The van der Waals surface area contributed by atoms with Gasteiger partial charge in [0.2, 0.25) is 5.91 Å². The zero-order valence-electron chi connectivity index (χ0n) is 17.8. The van der Waals surface area contributed by atoms with E-state index < -0.39 is 15.9 Å². The third kappa shape index (κ3) is 5.24. The molecule has 3 aromatic carbocycles. The maximum absolute atomic E-state index is 13.4. The van der Waals surface area contributed by atoms with Gasteiger partial charge < -0.3 is 10.1 Å². The molecule has 0 aromatic heterocycles. The van der Waals surface area contributed by atoms with Gasteiger partial charge in [-0.2, -0.15) is 0 Å². The molecule has 31 heavy (non-hydrogen) atoms. The SMILES string of the molecule is COc1ccccc1[C@H](C)NC(=O)CN(c1ccccc1)S(=O)(=O)c1ccc(C)cc1. The fourth-order valence-corrected chi connectivity index (χ4v) is 4.69. The highest BCUT2D eigenvalue weighted by molar-refractivity contribution is 7.92. The van der Waals surface area contributed by atoms with E-state index in [9.17, 15) is 13.2 Å². The van der Waals surface area contributed by atoms with Crippen molar-refractivity contribution in [2.45, 2.75) is 24.8 Å². The summed E-state index contributed by atoms with van der Waals surface area (Å²) in [6.07, 6.45) is 0. The lowest BCUT2D eigenvalue weighted by Crippen LogP contribution is -2.41. The second-order valence-corrected chi connectivity index (χ2v) is 9.05. The number of rotatable bonds is 8. The van der Waals surface area contributed by atoms with Crippen LogP contribution in [0.1, 0.15) is 24.1 Å². The van der Waals surface area contributed by atoms with E-state index in [1.807, 2.05) is 38.1 Å². The van der Waals surface area contributed by atoms with Gasteiger partial charge in [0.05, 0.1) is 23.7 Å². The first-order chi connectivity index (χ1) is 14.8. The van der Waals surface area contributed by atoms with E-state index in [4.69, 9.17) is 4.74 Å². The topological polar surface area (TPSA) is 75.7 Å². The molecule has 3 rings (SSSR count). The quantitative estimate of drug-likeness (QED) is 0.575. The molecule has 0 radical (unpaired) electrons. The summed E-state index contributed by atoms with van der Waals surface area (Å²) in [6.45, 7) is 3.37. The maximum atomic E-state index is 13.4. The van der Waals surface area contributed by atoms with Crippen molar-refractivity contribution in [1.29, 1.82) is 0 Å². The lowest BCUT2D eigenvalue weighted by molar-refractivity contribution is -0.120. The molecule has 7 heteroatoms. The Hall–Kier alpha value is -3.32. The normalized spacial score (nSPS) is 12.1. The minimum atomic E-state index is -3.93. The highest BCUT2D eigenvalue weighted by Crippen LogP contribution is 2.26. The second-order valence-electron chi connectivity index (χ2n) is 7.19. The van der Waals surface area contributed by atoms with Gasteiger partial charge in [-0.15, -0.1) is 0 Å². The highest BCUT2D eigenvalue weighted by Gasteiger charge is 2.27. The third-order valence-electron chi connectivity index (χ3n) is 4.92. The number of aryl methyl sites for hydroxylation is 1. The number of hydrogen-bond acceptors (Lipinski definition) is 4. The van der Waals surface area contributed by atoms with Gasteiger partial charge in [-0.1, -0.05) is 54.1 Å². The summed E-state index contributed by atoms with van der Waals surface area (Å²) in [7, 11) is -2.36. The zero-order valence-corrected chi connectivity index (χ0v) is 18.6. The van der Waals surface area contributed by atoms with Crippen LogP contribution in [0.4, 0.5) is 5.69 Å². The molecule has 6 nitrogen and oxygen atoms in total. The monoisotopic (exact) mass is 438 g/mol. The number of nitrogens with one attached hydrogen (secondary N) is 1. The number of hydrogen-bond donors (Lipinski definition) is 1. The molecule has 0 spiro atoms. The Bertz CT molecular complexity index is 1130. The van der Waals surface area contributed by atoms with Crippen LogP contribution >= 0.6 is 0 Å². The minimum Gasteiger partial charge on any atom is -0.496 e. The first kappa shape index (κ1) is 22.4. The maximum Gasteiger partial charge on any atom is 0.264 e. The van der Waals surface area contributed by atoms with E-state index >= 15 is 0 Å². The van der Waals surface area contributed by atoms with Gasteiger partial charge in [0.25, 0.3) is 10.0 Å². The summed E-state index contributed by atoms with van der Waals surface area (Å²) < 4.78 is 33.2. The summed E-state index contributed by atoms with van der Waals surface area (Å²) in [4.78, 5) is 13.0. The van der Waals surface area contributed by atoms with Crippen molar-refractivity contribution in [1.82, 2.24) is 5.32 Å². The van der Waals surface area contributed by atoms with Crippen molar-refractivity contribution in [2.75, 3.05) is 18.0 Å². The number of amides is 1. The number of nitrogens with zero attached hydrogens (tertiary/aromatic N) is 1. The Kier molecular flexibility index (Phi) is 6.97. The number of anilines is 1. The van der Waals surface area contributed by atoms with Gasteiger partial charge in [-0.05, 0) is 44.2 Å². The van der Waals surface area contributed by atoms with Crippen LogP contribution in [-0.2, 0) is 14.8 Å². The molecule has 0 aliphatic heterocycles. The third-order valence-corrected chi connectivity index (χ3v) is 6.71. The van der Waals surface area contributed by atoms with E-state index in [-0.39, 0.29) is 17.5 Å². The number of carbonyl (C=O) groups excluding carboxylic acids is 1. The predicted molar refractivity (Wildman–Crippen MR) is 122 cm³/mol. The average molecular weight is 439 g/mol. The van der Waals surface area contributed by atoms with E-state index in [0.29, 0.717) is 11.4 Å². The molecule has 0 unspecified atom stereocenters. The summed E-state index contributed by atoms with van der Waals surface area (Å²) in [5.41, 5.74) is 2.18. The molecule has 0 aliphatic rings. The fraction of sp³-hybridized carbons (Fsp3) is 0.208. The number of ether oxygens (including phenoxy) is 1. The minimum absolute atomic E-state index is 0.132. The molecule has 162 valence electrons. The Morgan fingerprint density at radius 3 is 2.23 bits per heavy atom. The smallest absolute Gasteiger partial charge is 0.264 e. The Balaban J connectivity index is 1.87. The number of sulfonamides is 1. The van der Waals surface area contributed by atoms with Gasteiger partial charge in [0.15, 0.2) is 0 Å². The standard InChI is InChI=1S/C24H26N2O4S/c1-18-13-15-21(16-14-18)31(28,29)26(20-9-5-4-6-10-20)17-24(27)25-19(2)22-11-7-8-12-23(22)30-3/h4-16,19H,17H2,1-3H3,(H,25,27)/t19-/m0/s1. The molecule has 3 aromatic rings. The summed E-state index contributed by atoms with van der Waals surface area (Å²) >= 11 is 0. The lowest BCUT2D eigenvalue weighted by atomic mass is 10.1. The molecular formula is C24H26N2O4S. The van der Waals surface area contributed by atoms with Crippen LogP contribution < -0.4 is 14.4 Å². The summed E-state index contributed by atoms with van der Waals surface area (Å²) in [5, 5.41) is 2.88. The van der Waals surface area contributed by atoms with Crippen LogP contribution in [0.25, 0.3) is 0 Å². The molecule has 1 atom stereocenters. The zero-order chi connectivity index (χ0) is 22.4. The molecular weight excluding hydrogens is 412 g/mol. The largest absolute Gasteiger partial charge is 0.496 e.